The number of benzene rings is 3. The summed E-state index contributed by atoms with van der Waals surface area (Å²) in [4.78, 5) is 106. The molecular weight excluding hydrogens is 811 g/mol. The van der Waals surface area contributed by atoms with Crippen LogP contribution in [0.2, 0.25) is 0 Å². The zero-order chi connectivity index (χ0) is 46.6. The minimum atomic E-state index is -1.36. The number of aliphatic carboxylic acids is 1. The van der Waals surface area contributed by atoms with Crippen LogP contribution < -0.4 is 37.6 Å². The number of amides is 7. The van der Waals surface area contributed by atoms with Gasteiger partial charge in [0, 0.05) is 32.6 Å². The lowest BCUT2D eigenvalue weighted by atomic mass is 9.94. The summed E-state index contributed by atoms with van der Waals surface area (Å²) in [6.45, 7) is 8.45. The Kier molecular flexibility index (Phi) is 20.3. The number of aromatic hydroxyl groups is 1. The SMILES string of the molecule is CC[C@H](C)[C@H](NC(=O)[C@H](Cc1ccccc1)NC(C)=O)C(=O)N[C@H](C(=O)N[C@@H](Cc1ccc(O)cc1)C(=O)N[C@@H](Cc1ccccc1)C(=O)N[C@@H](CCC(=O)O)C(N)=O)[C@@H](C)CC. The first kappa shape index (κ1) is 50.6. The van der Waals surface area contributed by atoms with Crippen LogP contribution in [0.3, 0.4) is 0 Å². The van der Waals surface area contributed by atoms with Crippen molar-refractivity contribution >= 4 is 47.3 Å². The molecule has 0 aliphatic rings. The van der Waals surface area contributed by atoms with E-state index in [2.05, 4.69) is 31.9 Å². The number of carbonyl (C=O) groups is 8. The molecule has 63 heavy (non-hydrogen) atoms. The van der Waals surface area contributed by atoms with Gasteiger partial charge in [-0.3, -0.25) is 38.4 Å². The zero-order valence-electron chi connectivity index (χ0n) is 36.4. The normalized spacial score (nSPS) is 14.7. The summed E-state index contributed by atoms with van der Waals surface area (Å²) in [5, 5.41) is 35.3. The number of carboxylic acids is 1. The Hall–Kier alpha value is -6.78. The van der Waals surface area contributed by atoms with E-state index >= 15 is 0 Å². The number of hydrogen-bond donors (Lipinski definition) is 9. The summed E-state index contributed by atoms with van der Waals surface area (Å²) in [5.41, 5.74) is 7.42. The molecule has 0 spiro atoms. The minimum absolute atomic E-state index is 0.0405. The smallest absolute Gasteiger partial charge is 0.303 e. The molecule has 3 rings (SSSR count). The molecule has 0 fully saturated rings. The van der Waals surface area contributed by atoms with E-state index in [0.29, 0.717) is 24.0 Å². The van der Waals surface area contributed by atoms with Crippen LogP contribution in [0.25, 0.3) is 0 Å². The van der Waals surface area contributed by atoms with Gasteiger partial charge in [0.1, 0.15) is 42.0 Å². The Bertz CT molecular complexity index is 2020. The first-order valence-corrected chi connectivity index (χ1v) is 21.1. The van der Waals surface area contributed by atoms with E-state index in [4.69, 9.17) is 5.73 Å². The van der Waals surface area contributed by atoms with Gasteiger partial charge in [-0.2, -0.15) is 0 Å². The number of rotatable bonds is 25. The first-order valence-electron chi connectivity index (χ1n) is 21.1. The fourth-order valence-corrected chi connectivity index (χ4v) is 6.70. The predicted octanol–water partition coefficient (Wildman–Crippen LogP) is 1.79. The minimum Gasteiger partial charge on any atom is -0.508 e. The molecule has 0 saturated heterocycles. The average Bonchev–Trinajstić information content (AvgIpc) is 3.25. The summed E-state index contributed by atoms with van der Waals surface area (Å²) in [5.74, 6) is -7.20. The van der Waals surface area contributed by atoms with Crippen LogP contribution in [0.4, 0.5) is 0 Å². The van der Waals surface area contributed by atoms with Crippen LogP contribution >= 0.6 is 0 Å². The molecule has 3 aromatic rings. The second-order valence-electron chi connectivity index (χ2n) is 15.8. The maximum Gasteiger partial charge on any atom is 0.303 e. The number of carboxylic acid groups (broad SMARTS) is 1. The molecule has 0 radical (unpaired) electrons. The Morgan fingerprint density at radius 2 is 0.889 bits per heavy atom. The monoisotopic (exact) mass is 871 g/mol. The molecule has 17 heteroatoms. The van der Waals surface area contributed by atoms with E-state index in [0.717, 1.165) is 5.56 Å². The van der Waals surface area contributed by atoms with Gasteiger partial charge in [0.15, 0.2) is 0 Å². The molecular formula is C46H61N7O10. The summed E-state index contributed by atoms with van der Waals surface area (Å²) >= 11 is 0. The van der Waals surface area contributed by atoms with Gasteiger partial charge in [-0.15, -0.1) is 0 Å². The van der Waals surface area contributed by atoms with Crippen molar-refractivity contribution in [3.8, 4) is 5.75 Å². The van der Waals surface area contributed by atoms with Crippen LogP contribution in [0, 0.1) is 11.8 Å². The van der Waals surface area contributed by atoms with Crippen molar-refractivity contribution in [3.05, 3.63) is 102 Å². The van der Waals surface area contributed by atoms with Crippen molar-refractivity contribution in [3.63, 3.8) is 0 Å². The van der Waals surface area contributed by atoms with Gasteiger partial charge in [-0.25, -0.2) is 0 Å². The van der Waals surface area contributed by atoms with Crippen LogP contribution in [-0.2, 0) is 57.6 Å². The van der Waals surface area contributed by atoms with E-state index < -0.39 is 102 Å². The highest BCUT2D eigenvalue weighted by Crippen LogP contribution is 2.16. The third-order valence-corrected chi connectivity index (χ3v) is 10.8. The molecule has 0 aromatic heterocycles. The predicted molar refractivity (Wildman–Crippen MR) is 234 cm³/mol. The standard InChI is InChI=1S/C46H61N7O10/c1-6-27(3)39(53-46(63)40(28(4)7-2)52-44(61)35(48-29(5)54)24-30-14-10-8-11-15-30)45(62)51-37(26-32-18-20-33(55)21-19-32)43(60)50-36(25-31-16-12-9-13-17-31)42(59)49-34(41(47)58)22-23-38(56)57/h8-21,27-28,34-37,39-40,55H,6-7,22-26H2,1-5H3,(H2,47,58)(H,48,54)(H,49,59)(H,50,60)(H,51,62)(H,52,61)(H,53,63)(H,56,57)/t27-,28-,34-,35-,36-,37-,39-,40-/m0/s1. The maximum atomic E-state index is 14.4. The summed E-state index contributed by atoms with van der Waals surface area (Å²) < 4.78 is 0. The molecule has 17 nitrogen and oxygen atoms in total. The van der Waals surface area contributed by atoms with Gasteiger partial charge in [-0.1, -0.05) is 113 Å². The number of primary amides is 1. The van der Waals surface area contributed by atoms with E-state index in [-0.39, 0.29) is 31.4 Å². The number of carbonyl (C=O) groups excluding carboxylic acids is 7. The van der Waals surface area contributed by atoms with Gasteiger partial charge < -0.3 is 47.8 Å². The average molecular weight is 872 g/mol. The van der Waals surface area contributed by atoms with Crippen molar-refractivity contribution in [2.75, 3.05) is 0 Å². The van der Waals surface area contributed by atoms with Gasteiger partial charge in [0.2, 0.25) is 41.4 Å². The third-order valence-electron chi connectivity index (χ3n) is 10.8. The number of nitrogens with two attached hydrogens (primary N) is 1. The Labute approximate surface area is 367 Å². The van der Waals surface area contributed by atoms with E-state index in [1.807, 2.05) is 32.0 Å². The first-order chi connectivity index (χ1) is 29.9. The van der Waals surface area contributed by atoms with Crippen molar-refractivity contribution < 1.29 is 48.6 Å². The number of hydrogen-bond acceptors (Lipinski definition) is 9. The third kappa shape index (κ3) is 16.9. The molecule has 8 atom stereocenters. The van der Waals surface area contributed by atoms with Crippen LogP contribution in [0.5, 0.6) is 5.75 Å². The van der Waals surface area contributed by atoms with E-state index in [1.165, 1.54) is 19.1 Å². The second kappa shape index (κ2) is 25.2. The Balaban J connectivity index is 1.94. The molecule has 7 amide bonds. The fraction of sp³-hybridized carbons (Fsp3) is 0.435. The summed E-state index contributed by atoms with van der Waals surface area (Å²) in [6.07, 6.45) is 0.0911. The highest BCUT2D eigenvalue weighted by Gasteiger charge is 2.36. The molecule has 3 aromatic carbocycles. The van der Waals surface area contributed by atoms with Crippen molar-refractivity contribution in [2.45, 2.75) is 116 Å². The molecule has 0 unspecified atom stereocenters. The van der Waals surface area contributed by atoms with Crippen LogP contribution in [-0.4, -0.2) is 93.8 Å². The summed E-state index contributed by atoms with van der Waals surface area (Å²) in [6, 6.07) is 16.2. The van der Waals surface area contributed by atoms with Gasteiger partial charge >= 0.3 is 5.97 Å². The fourth-order valence-electron chi connectivity index (χ4n) is 6.70. The van der Waals surface area contributed by atoms with Crippen molar-refractivity contribution in [1.82, 2.24) is 31.9 Å². The number of nitrogens with one attached hydrogen (secondary N) is 6. The molecule has 0 aliphatic carbocycles. The lowest BCUT2D eigenvalue weighted by Crippen LogP contribution is -2.62. The van der Waals surface area contributed by atoms with Crippen LogP contribution in [0.15, 0.2) is 84.9 Å². The Morgan fingerprint density at radius 3 is 1.30 bits per heavy atom. The number of phenolic OH excluding ortho intramolecular Hbond substituents is 1. The highest BCUT2D eigenvalue weighted by molar-refractivity contribution is 5.97. The molecule has 10 N–H and O–H groups in total. The maximum absolute atomic E-state index is 14.4. The molecule has 0 aliphatic heterocycles. The van der Waals surface area contributed by atoms with Gasteiger partial charge in [0.05, 0.1) is 0 Å². The lowest BCUT2D eigenvalue weighted by molar-refractivity contribution is -0.138. The van der Waals surface area contributed by atoms with Crippen molar-refractivity contribution in [1.29, 1.82) is 0 Å². The van der Waals surface area contributed by atoms with E-state index in [9.17, 15) is 48.6 Å². The summed E-state index contributed by atoms with van der Waals surface area (Å²) in [7, 11) is 0. The van der Waals surface area contributed by atoms with E-state index in [1.54, 1.807) is 68.4 Å². The molecule has 0 heterocycles. The Morgan fingerprint density at radius 1 is 0.524 bits per heavy atom. The number of phenols is 1. The molecule has 340 valence electrons. The zero-order valence-corrected chi connectivity index (χ0v) is 36.4. The topological polar surface area (TPSA) is 275 Å². The molecule has 0 bridgehead atoms. The second-order valence-corrected chi connectivity index (χ2v) is 15.8. The lowest BCUT2D eigenvalue weighted by Gasteiger charge is -2.31. The quantitative estimate of drug-likeness (QED) is 0.0596. The highest BCUT2D eigenvalue weighted by atomic mass is 16.4. The van der Waals surface area contributed by atoms with Gasteiger partial charge in [0.25, 0.3) is 0 Å². The van der Waals surface area contributed by atoms with Crippen molar-refractivity contribution in [2.24, 2.45) is 17.6 Å². The largest absolute Gasteiger partial charge is 0.508 e. The molecule has 0 saturated carbocycles. The van der Waals surface area contributed by atoms with Crippen LogP contribution in [0.1, 0.15) is 77.0 Å². The van der Waals surface area contributed by atoms with Gasteiger partial charge in [-0.05, 0) is 47.1 Å².